The number of hydrogen-bond donors (Lipinski definition) is 0. The van der Waals surface area contributed by atoms with E-state index in [0.717, 1.165) is 103 Å². The van der Waals surface area contributed by atoms with Crippen LogP contribution in [0.4, 0.5) is 0 Å². The van der Waals surface area contributed by atoms with E-state index in [2.05, 4.69) is 130 Å². The van der Waals surface area contributed by atoms with Crippen LogP contribution in [0.15, 0.2) is 122 Å². The molecule has 366 valence electrons. The van der Waals surface area contributed by atoms with Crippen LogP contribution < -0.4 is 0 Å². The van der Waals surface area contributed by atoms with Gasteiger partial charge < -0.3 is 14.2 Å². The van der Waals surface area contributed by atoms with E-state index in [1.165, 1.54) is 57.8 Å². The normalized spacial score (nSPS) is 13.1. The molecule has 0 N–H and O–H groups in total. The van der Waals surface area contributed by atoms with Gasteiger partial charge in [-0.2, -0.15) is 0 Å². The highest BCUT2D eigenvalue weighted by Gasteiger charge is 2.19. The number of carbonyl (C=O) groups excluding carboxylic acids is 3. The van der Waals surface area contributed by atoms with E-state index in [-0.39, 0.29) is 44.0 Å². The molecule has 0 aliphatic heterocycles. The van der Waals surface area contributed by atoms with Crippen molar-refractivity contribution in [3.05, 3.63) is 122 Å². The zero-order valence-electron chi connectivity index (χ0n) is 41.7. The molecule has 0 spiro atoms. The molecule has 0 aromatic carbocycles. The van der Waals surface area contributed by atoms with Crippen molar-refractivity contribution in [2.75, 3.05) is 13.2 Å². The Hall–Kier alpha value is -4.19. The maximum absolute atomic E-state index is 12.8. The smallest absolute Gasteiger partial charge is 0.306 e. The Morgan fingerprint density at radius 2 is 0.631 bits per heavy atom. The third-order valence-corrected chi connectivity index (χ3v) is 10.5. The maximum Gasteiger partial charge on any atom is 0.306 e. The van der Waals surface area contributed by atoms with Crippen molar-refractivity contribution >= 4 is 17.9 Å². The largest absolute Gasteiger partial charge is 0.462 e. The number of ether oxygens (including phenoxy) is 3. The summed E-state index contributed by atoms with van der Waals surface area (Å²) in [6.45, 7) is 6.30. The minimum absolute atomic E-state index is 0.116. The van der Waals surface area contributed by atoms with Crippen LogP contribution >= 0.6 is 0 Å². The van der Waals surface area contributed by atoms with Crippen LogP contribution in [0.2, 0.25) is 0 Å². The Labute approximate surface area is 399 Å². The molecule has 0 bridgehead atoms. The molecule has 0 fully saturated rings. The molecule has 1 unspecified atom stereocenters. The van der Waals surface area contributed by atoms with Crippen molar-refractivity contribution in [1.29, 1.82) is 0 Å². The summed E-state index contributed by atoms with van der Waals surface area (Å²) >= 11 is 0. The summed E-state index contributed by atoms with van der Waals surface area (Å²) in [5, 5.41) is 0. The van der Waals surface area contributed by atoms with E-state index < -0.39 is 6.10 Å². The molecule has 0 rings (SSSR count). The highest BCUT2D eigenvalue weighted by Crippen LogP contribution is 2.14. The van der Waals surface area contributed by atoms with Crippen molar-refractivity contribution < 1.29 is 28.6 Å². The summed E-state index contributed by atoms with van der Waals surface area (Å²) in [7, 11) is 0. The predicted octanol–water partition coefficient (Wildman–Crippen LogP) is 17.3. The standard InChI is InChI=1S/C59H94O6/c1-4-7-10-13-16-19-22-25-27-29-30-31-33-34-37-40-43-46-49-52-58(61)64-55-56(54-63-57(60)51-48-45-42-39-36-24-21-18-15-12-9-6-3)65-59(62)53-50-47-44-41-38-35-32-28-26-23-20-17-14-11-8-5-2/h7-8,10-11,16-17,19-20,25-28,30-31,34-35,37-38,43,46,56H,4-6,9,12-15,18,21-24,29,32-33,36,39-42,44-45,47-55H2,1-3H3/b10-7-,11-8-,19-16-,20-17-,27-25-,28-26-,31-30-,37-34-,38-35-,46-43-. The van der Waals surface area contributed by atoms with Gasteiger partial charge >= 0.3 is 17.9 Å². The van der Waals surface area contributed by atoms with E-state index in [9.17, 15) is 14.4 Å². The highest BCUT2D eigenvalue weighted by atomic mass is 16.6. The molecule has 65 heavy (non-hydrogen) atoms. The lowest BCUT2D eigenvalue weighted by Gasteiger charge is -2.18. The van der Waals surface area contributed by atoms with Gasteiger partial charge in [0.25, 0.3) is 0 Å². The first-order valence-corrected chi connectivity index (χ1v) is 26.0. The third kappa shape index (κ3) is 50.7. The first kappa shape index (κ1) is 60.8. The molecule has 0 aliphatic rings. The van der Waals surface area contributed by atoms with Crippen LogP contribution in [0.1, 0.15) is 213 Å². The molecule has 1 atom stereocenters. The summed E-state index contributed by atoms with van der Waals surface area (Å²) < 4.78 is 16.7. The van der Waals surface area contributed by atoms with Gasteiger partial charge in [0.15, 0.2) is 6.10 Å². The summed E-state index contributed by atoms with van der Waals surface area (Å²) in [5.41, 5.74) is 0. The lowest BCUT2D eigenvalue weighted by atomic mass is 10.0. The molecule has 0 aromatic rings. The van der Waals surface area contributed by atoms with Crippen LogP contribution in [-0.2, 0) is 28.6 Å². The van der Waals surface area contributed by atoms with Crippen molar-refractivity contribution in [2.45, 2.75) is 219 Å². The quantitative estimate of drug-likeness (QED) is 0.0262. The van der Waals surface area contributed by atoms with Crippen molar-refractivity contribution in [3.8, 4) is 0 Å². The maximum atomic E-state index is 12.8. The molecule has 6 nitrogen and oxygen atoms in total. The number of unbranched alkanes of at least 4 members (excludes halogenated alkanes) is 14. The lowest BCUT2D eigenvalue weighted by molar-refractivity contribution is -0.166. The van der Waals surface area contributed by atoms with Gasteiger partial charge in [-0.1, -0.05) is 219 Å². The highest BCUT2D eigenvalue weighted by molar-refractivity contribution is 5.71. The Morgan fingerprint density at radius 1 is 0.323 bits per heavy atom. The fourth-order valence-corrected chi connectivity index (χ4v) is 6.63. The monoisotopic (exact) mass is 899 g/mol. The first-order chi connectivity index (χ1) is 32.0. The number of allylic oxidation sites excluding steroid dienone is 20. The number of hydrogen-bond acceptors (Lipinski definition) is 6. The van der Waals surface area contributed by atoms with Crippen LogP contribution in [0, 0.1) is 0 Å². The molecule has 0 saturated carbocycles. The molecule has 0 aliphatic carbocycles. The van der Waals surface area contributed by atoms with Crippen LogP contribution in [0.3, 0.4) is 0 Å². The van der Waals surface area contributed by atoms with Gasteiger partial charge in [-0.25, -0.2) is 0 Å². The molecule has 0 amide bonds. The summed E-state index contributed by atoms with van der Waals surface area (Å²) in [4.78, 5) is 38.0. The zero-order valence-corrected chi connectivity index (χ0v) is 41.7. The molecule has 6 heteroatoms. The van der Waals surface area contributed by atoms with E-state index in [4.69, 9.17) is 14.2 Å². The van der Waals surface area contributed by atoms with Crippen molar-refractivity contribution in [3.63, 3.8) is 0 Å². The van der Waals surface area contributed by atoms with Crippen molar-refractivity contribution in [1.82, 2.24) is 0 Å². The van der Waals surface area contributed by atoms with Crippen LogP contribution in [0.25, 0.3) is 0 Å². The van der Waals surface area contributed by atoms with Crippen LogP contribution in [-0.4, -0.2) is 37.2 Å². The summed E-state index contributed by atoms with van der Waals surface area (Å²) in [6, 6.07) is 0. The SMILES string of the molecule is CC/C=C\C/C=C\C/C=C\C/C=C\C/C=C\C/C=C\CCC(=O)OCC(COC(=O)CCCCCCCCCCCCCC)OC(=O)CCCCC/C=C\C/C=C\C/C=C\C/C=C\CC. The van der Waals surface area contributed by atoms with E-state index in [1.807, 2.05) is 12.2 Å². The number of rotatable bonds is 45. The first-order valence-electron chi connectivity index (χ1n) is 26.0. The van der Waals surface area contributed by atoms with Gasteiger partial charge in [0.2, 0.25) is 0 Å². The fourth-order valence-electron chi connectivity index (χ4n) is 6.63. The Kier molecular flexibility index (Phi) is 49.1. The van der Waals surface area contributed by atoms with E-state index in [0.29, 0.717) is 19.3 Å². The van der Waals surface area contributed by atoms with E-state index in [1.54, 1.807) is 0 Å². The molecule has 0 heterocycles. The Balaban J connectivity index is 4.57. The molecular weight excluding hydrogens is 805 g/mol. The molecular formula is C59H94O6. The second kappa shape index (κ2) is 52.4. The van der Waals surface area contributed by atoms with Crippen molar-refractivity contribution in [2.24, 2.45) is 0 Å². The minimum atomic E-state index is -0.826. The Bertz CT molecular complexity index is 1400. The van der Waals surface area contributed by atoms with Gasteiger partial charge in [-0.05, 0) is 96.3 Å². The summed E-state index contributed by atoms with van der Waals surface area (Å²) in [5.74, 6) is -1.04. The molecule has 0 aromatic heterocycles. The van der Waals surface area contributed by atoms with E-state index >= 15 is 0 Å². The fraction of sp³-hybridized carbons (Fsp3) is 0.610. The Morgan fingerprint density at radius 3 is 1.03 bits per heavy atom. The van der Waals surface area contributed by atoms with Gasteiger partial charge in [0, 0.05) is 19.3 Å². The molecule has 0 saturated heterocycles. The van der Waals surface area contributed by atoms with Gasteiger partial charge in [0.05, 0.1) is 0 Å². The third-order valence-electron chi connectivity index (χ3n) is 10.5. The predicted molar refractivity (Wildman–Crippen MR) is 279 cm³/mol. The second-order valence-corrected chi connectivity index (χ2v) is 16.7. The average Bonchev–Trinajstić information content (AvgIpc) is 3.30. The van der Waals surface area contributed by atoms with Crippen LogP contribution in [0.5, 0.6) is 0 Å². The van der Waals surface area contributed by atoms with Gasteiger partial charge in [0.1, 0.15) is 13.2 Å². The average molecular weight is 899 g/mol. The topological polar surface area (TPSA) is 78.9 Å². The molecule has 0 radical (unpaired) electrons. The summed E-state index contributed by atoms with van der Waals surface area (Å²) in [6.07, 6.45) is 71.9. The second-order valence-electron chi connectivity index (χ2n) is 16.7. The number of carbonyl (C=O) groups is 3. The van der Waals surface area contributed by atoms with Gasteiger partial charge in [-0.15, -0.1) is 0 Å². The lowest BCUT2D eigenvalue weighted by Crippen LogP contribution is -2.30. The minimum Gasteiger partial charge on any atom is -0.462 e. The van der Waals surface area contributed by atoms with Gasteiger partial charge in [-0.3, -0.25) is 14.4 Å². The number of esters is 3. The zero-order chi connectivity index (χ0) is 47.2.